The van der Waals surface area contributed by atoms with Crippen molar-refractivity contribution < 1.29 is 13.2 Å². The Morgan fingerprint density at radius 2 is 2.03 bits per heavy atom. The Bertz CT molecular complexity index is 1410. The molecule has 33 heavy (non-hydrogen) atoms. The number of ether oxygens (including phenoxy) is 1. The summed E-state index contributed by atoms with van der Waals surface area (Å²) in [5.74, 6) is 0.552. The standard InChI is InChI=1S/C23H22ClN5O3S/c1-23(2)12-27-21-14(11-25)7-13(8-15(21)23)17-5-6-26-22(28-17)29-18-9-16(24)20(33(4,30)31)10-19(18)32-3/h5-10,27H,12H2,1-4H3,(H,26,28,29). The van der Waals surface area contributed by atoms with E-state index in [0.717, 1.165) is 29.6 Å². The van der Waals surface area contributed by atoms with Crippen molar-refractivity contribution >= 4 is 38.8 Å². The molecule has 0 radical (unpaired) electrons. The van der Waals surface area contributed by atoms with E-state index in [2.05, 4.69) is 40.5 Å². The number of anilines is 3. The van der Waals surface area contributed by atoms with Gasteiger partial charge in [-0.25, -0.2) is 18.4 Å². The minimum absolute atomic E-state index is 0.0281. The van der Waals surface area contributed by atoms with E-state index in [4.69, 9.17) is 16.3 Å². The molecule has 0 amide bonds. The van der Waals surface area contributed by atoms with Gasteiger partial charge in [-0.3, -0.25) is 0 Å². The number of hydrogen-bond donors (Lipinski definition) is 2. The van der Waals surface area contributed by atoms with Gasteiger partial charge in [0, 0.05) is 36.0 Å². The second-order valence-electron chi connectivity index (χ2n) is 8.44. The Hall–Kier alpha value is -3.35. The first-order valence-electron chi connectivity index (χ1n) is 10.0. The van der Waals surface area contributed by atoms with Gasteiger partial charge in [0.05, 0.1) is 39.7 Å². The normalized spacial score (nSPS) is 14.2. The van der Waals surface area contributed by atoms with Crippen LogP contribution in [0, 0.1) is 11.3 Å². The van der Waals surface area contributed by atoms with Crippen LogP contribution in [0.15, 0.2) is 41.4 Å². The van der Waals surface area contributed by atoms with Crippen LogP contribution in [0.2, 0.25) is 5.02 Å². The van der Waals surface area contributed by atoms with E-state index in [1.165, 1.54) is 19.2 Å². The molecule has 1 aliphatic rings. The molecule has 1 aliphatic heterocycles. The van der Waals surface area contributed by atoms with Gasteiger partial charge in [0.25, 0.3) is 0 Å². The van der Waals surface area contributed by atoms with Gasteiger partial charge in [0.1, 0.15) is 11.8 Å². The Labute approximate surface area is 197 Å². The lowest BCUT2D eigenvalue weighted by atomic mass is 9.85. The number of hydrogen-bond acceptors (Lipinski definition) is 8. The van der Waals surface area contributed by atoms with Crippen molar-refractivity contribution in [2.45, 2.75) is 24.2 Å². The highest BCUT2D eigenvalue weighted by Gasteiger charge is 2.32. The predicted molar refractivity (Wildman–Crippen MR) is 128 cm³/mol. The molecule has 0 spiro atoms. The number of aromatic nitrogens is 2. The number of nitrogens with one attached hydrogen (secondary N) is 2. The van der Waals surface area contributed by atoms with Crippen LogP contribution in [-0.2, 0) is 15.3 Å². The van der Waals surface area contributed by atoms with Crippen molar-refractivity contribution in [3.8, 4) is 23.1 Å². The lowest BCUT2D eigenvalue weighted by Crippen LogP contribution is -2.18. The zero-order valence-electron chi connectivity index (χ0n) is 18.5. The maximum atomic E-state index is 12.0. The molecule has 2 heterocycles. The van der Waals surface area contributed by atoms with E-state index in [1.807, 2.05) is 6.07 Å². The summed E-state index contributed by atoms with van der Waals surface area (Å²) >= 11 is 6.20. The summed E-state index contributed by atoms with van der Waals surface area (Å²) in [5.41, 5.74) is 4.22. The molecule has 2 aromatic carbocycles. The van der Waals surface area contributed by atoms with Gasteiger partial charge in [-0.2, -0.15) is 5.26 Å². The molecule has 2 N–H and O–H groups in total. The first-order chi connectivity index (χ1) is 15.5. The van der Waals surface area contributed by atoms with Gasteiger partial charge >= 0.3 is 0 Å². The van der Waals surface area contributed by atoms with E-state index in [-0.39, 0.29) is 27.0 Å². The summed E-state index contributed by atoms with van der Waals surface area (Å²) in [6.45, 7) is 5.00. The molecule has 0 atom stereocenters. The fourth-order valence-electron chi connectivity index (χ4n) is 3.79. The van der Waals surface area contributed by atoms with Gasteiger partial charge in [-0.15, -0.1) is 0 Å². The summed E-state index contributed by atoms with van der Waals surface area (Å²) in [4.78, 5) is 8.83. The van der Waals surface area contributed by atoms with Crippen LogP contribution in [0.25, 0.3) is 11.3 Å². The maximum Gasteiger partial charge on any atom is 0.227 e. The SMILES string of the molecule is COc1cc(S(C)(=O)=O)c(Cl)cc1Nc1nccc(-c2cc(C#N)c3c(c2)C(C)(C)CN3)n1. The van der Waals surface area contributed by atoms with Crippen LogP contribution >= 0.6 is 11.6 Å². The largest absolute Gasteiger partial charge is 0.495 e. The van der Waals surface area contributed by atoms with Crippen LogP contribution in [0.3, 0.4) is 0 Å². The van der Waals surface area contributed by atoms with E-state index in [1.54, 1.807) is 18.3 Å². The molecule has 0 bridgehead atoms. The first-order valence-corrected chi connectivity index (χ1v) is 12.3. The van der Waals surface area contributed by atoms with Crippen molar-refractivity contribution in [3.63, 3.8) is 0 Å². The Balaban J connectivity index is 1.74. The third-order valence-corrected chi connectivity index (χ3v) is 7.11. The summed E-state index contributed by atoms with van der Waals surface area (Å²) in [7, 11) is -2.09. The van der Waals surface area contributed by atoms with Crippen LogP contribution in [0.4, 0.5) is 17.3 Å². The molecule has 8 nitrogen and oxygen atoms in total. The quantitative estimate of drug-likeness (QED) is 0.543. The minimum Gasteiger partial charge on any atom is -0.495 e. The number of methoxy groups -OCH3 is 1. The third-order valence-electron chi connectivity index (χ3n) is 5.55. The number of benzene rings is 2. The van der Waals surface area contributed by atoms with Gasteiger partial charge in [-0.05, 0) is 29.8 Å². The zero-order valence-corrected chi connectivity index (χ0v) is 20.1. The third kappa shape index (κ3) is 4.32. The van der Waals surface area contributed by atoms with E-state index >= 15 is 0 Å². The Morgan fingerprint density at radius 1 is 1.27 bits per heavy atom. The molecule has 170 valence electrons. The van der Waals surface area contributed by atoms with Crippen molar-refractivity contribution in [3.05, 3.63) is 52.7 Å². The second kappa shape index (κ2) is 8.21. The highest BCUT2D eigenvalue weighted by atomic mass is 35.5. The predicted octanol–water partition coefficient (Wildman–Crippen LogP) is 4.53. The summed E-state index contributed by atoms with van der Waals surface area (Å²) in [6.07, 6.45) is 2.68. The number of rotatable bonds is 5. The highest BCUT2D eigenvalue weighted by Crippen LogP contribution is 2.41. The van der Waals surface area contributed by atoms with Crippen LogP contribution in [-0.4, -0.2) is 38.3 Å². The Kier molecular flexibility index (Phi) is 5.68. The monoisotopic (exact) mass is 483 g/mol. The number of sulfone groups is 1. The summed E-state index contributed by atoms with van der Waals surface area (Å²) < 4.78 is 29.3. The van der Waals surface area contributed by atoms with Gasteiger partial charge in [0.15, 0.2) is 9.84 Å². The fourth-order valence-corrected chi connectivity index (χ4v) is 5.11. The van der Waals surface area contributed by atoms with Crippen molar-refractivity contribution in [2.24, 2.45) is 0 Å². The van der Waals surface area contributed by atoms with Crippen molar-refractivity contribution in [2.75, 3.05) is 30.5 Å². The maximum absolute atomic E-state index is 12.0. The van der Waals surface area contributed by atoms with E-state index in [0.29, 0.717) is 16.9 Å². The number of halogens is 1. The second-order valence-corrected chi connectivity index (χ2v) is 10.8. The summed E-state index contributed by atoms with van der Waals surface area (Å²) in [6, 6.07) is 10.7. The molecule has 0 fully saturated rings. The lowest BCUT2D eigenvalue weighted by Gasteiger charge is -2.18. The van der Waals surface area contributed by atoms with Crippen LogP contribution in [0.1, 0.15) is 25.0 Å². The number of nitrogens with zero attached hydrogens (tertiary/aromatic N) is 3. The van der Waals surface area contributed by atoms with Crippen LogP contribution in [0.5, 0.6) is 5.75 Å². The molecular weight excluding hydrogens is 462 g/mol. The molecule has 10 heteroatoms. The average molecular weight is 484 g/mol. The van der Waals surface area contributed by atoms with Gasteiger partial charge in [0.2, 0.25) is 5.95 Å². The van der Waals surface area contributed by atoms with Gasteiger partial charge < -0.3 is 15.4 Å². The smallest absolute Gasteiger partial charge is 0.227 e. The molecule has 1 aromatic heterocycles. The molecule has 4 rings (SSSR count). The molecule has 0 saturated heterocycles. The average Bonchev–Trinajstić information content (AvgIpc) is 3.07. The molecule has 0 saturated carbocycles. The molecule has 3 aromatic rings. The Morgan fingerprint density at radius 3 is 2.70 bits per heavy atom. The highest BCUT2D eigenvalue weighted by molar-refractivity contribution is 7.90. The zero-order chi connectivity index (χ0) is 24.0. The van der Waals surface area contributed by atoms with Gasteiger partial charge in [-0.1, -0.05) is 25.4 Å². The van der Waals surface area contributed by atoms with E-state index < -0.39 is 9.84 Å². The molecule has 0 aliphatic carbocycles. The topological polar surface area (TPSA) is 117 Å². The molecular formula is C23H22ClN5O3S. The van der Waals surface area contributed by atoms with Crippen molar-refractivity contribution in [1.29, 1.82) is 5.26 Å². The van der Waals surface area contributed by atoms with Crippen LogP contribution < -0.4 is 15.4 Å². The first kappa shape index (κ1) is 22.8. The lowest BCUT2D eigenvalue weighted by molar-refractivity contribution is 0.415. The summed E-state index contributed by atoms with van der Waals surface area (Å²) in [5, 5.41) is 16.1. The minimum atomic E-state index is -3.52. The fraction of sp³-hybridized carbons (Fsp3) is 0.261. The molecule has 0 unspecified atom stereocenters. The number of nitriles is 1. The van der Waals surface area contributed by atoms with E-state index in [9.17, 15) is 13.7 Å². The van der Waals surface area contributed by atoms with Crippen molar-refractivity contribution in [1.82, 2.24) is 9.97 Å². The number of fused-ring (bicyclic) bond motifs is 1.